The van der Waals surface area contributed by atoms with Gasteiger partial charge in [0.05, 0.1) is 16.4 Å². The van der Waals surface area contributed by atoms with Crippen LogP contribution in [0.15, 0.2) is 40.3 Å². The number of nitrogens with two attached hydrogens (primary N) is 1. The highest BCUT2D eigenvalue weighted by Crippen LogP contribution is 2.40. The Morgan fingerprint density at radius 3 is 2.84 bits per heavy atom. The Morgan fingerprint density at radius 2 is 2.18 bits per heavy atom. The van der Waals surface area contributed by atoms with Gasteiger partial charge in [0.25, 0.3) is 11.8 Å². The van der Waals surface area contributed by atoms with Crippen molar-refractivity contribution in [2.75, 3.05) is 18.6 Å². The number of thioether (sulfide) groups is 1. The Balaban J connectivity index is 1.36. The zero-order valence-electron chi connectivity index (χ0n) is 19.3. The lowest BCUT2D eigenvalue weighted by atomic mass is 10.0. The number of nitrogen functional groups attached to an aromatic ring is 1. The molecule has 14 nitrogen and oxygen atoms in total. The molecular weight excluding hydrogens is 558 g/mol. The van der Waals surface area contributed by atoms with Gasteiger partial charge in [-0.2, -0.15) is 4.57 Å². The zero-order valence-corrected chi connectivity index (χ0v) is 21.8. The second kappa shape index (κ2) is 9.99. The largest absolute Gasteiger partial charge is 0.543 e. The van der Waals surface area contributed by atoms with Crippen LogP contribution in [-0.2, 0) is 25.8 Å². The van der Waals surface area contributed by atoms with E-state index in [1.54, 1.807) is 23.0 Å². The molecule has 2 aliphatic rings. The van der Waals surface area contributed by atoms with Crippen molar-refractivity contribution in [3.8, 4) is 0 Å². The van der Waals surface area contributed by atoms with E-state index in [0.29, 0.717) is 15.8 Å². The minimum atomic E-state index is -1.52. The molecule has 0 aromatic carbocycles. The highest BCUT2D eigenvalue weighted by atomic mass is 32.2. The van der Waals surface area contributed by atoms with Crippen molar-refractivity contribution in [2.24, 2.45) is 5.16 Å². The van der Waals surface area contributed by atoms with Crippen LogP contribution in [0.4, 0.5) is 5.13 Å². The summed E-state index contributed by atoms with van der Waals surface area (Å²) in [6, 6.07) is 0.683. The molecule has 0 bridgehead atoms. The summed E-state index contributed by atoms with van der Waals surface area (Å²) in [4.78, 5) is 63.1. The zero-order chi connectivity index (χ0) is 27.1. The molecule has 4 N–H and O–H groups in total. The number of carboxylic acid groups (broad SMARTS) is 2. The molecule has 38 heavy (non-hydrogen) atoms. The van der Waals surface area contributed by atoms with Gasteiger partial charge in [-0.15, -0.1) is 34.4 Å². The maximum atomic E-state index is 13.0. The van der Waals surface area contributed by atoms with Crippen LogP contribution >= 0.6 is 34.4 Å². The number of oxime groups is 1. The molecule has 0 radical (unpaired) electrons. The van der Waals surface area contributed by atoms with Crippen molar-refractivity contribution in [1.82, 2.24) is 20.2 Å². The van der Waals surface area contributed by atoms with E-state index in [1.165, 1.54) is 24.3 Å². The number of fused-ring (bicyclic) bond motifs is 2. The van der Waals surface area contributed by atoms with Gasteiger partial charge in [0.1, 0.15) is 29.7 Å². The van der Waals surface area contributed by atoms with Crippen LogP contribution in [0.1, 0.15) is 15.5 Å². The third-order valence-corrected chi connectivity index (χ3v) is 8.67. The second-order valence-corrected chi connectivity index (χ2v) is 11.0. The summed E-state index contributed by atoms with van der Waals surface area (Å²) in [5.74, 6) is -3.76. The number of rotatable bonds is 8. The molecule has 1 fully saturated rings. The van der Waals surface area contributed by atoms with Gasteiger partial charge >= 0.3 is 5.97 Å². The summed E-state index contributed by atoms with van der Waals surface area (Å²) in [6.45, 7) is 0.107. The number of aromatic carboxylic acids is 1. The van der Waals surface area contributed by atoms with Crippen LogP contribution in [0.2, 0.25) is 0 Å². The van der Waals surface area contributed by atoms with Crippen LogP contribution in [0.3, 0.4) is 0 Å². The summed E-state index contributed by atoms with van der Waals surface area (Å²) in [5, 5.41) is 28.5. The summed E-state index contributed by atoms with van der Waals surface area (Å²) in [7, 11) is 1.25. The van der Waals surface area contributed by atoms with Crippen molar-refractivity contribution in [2.45, 2.75) is 18.0 Å². The van der Waals surface area contributed by atoms with E-state index in [0.717, 1.165) is 27.6 Å². The Bertz CT molecular complexity index is 1560. The normalized spacial score (nSPS) is 19.2. The first-order valence-corrected chi connectivity index (χ1v) is 13.5. The Labute approximate surface area is 225 Å². The molecule has 17 heteroatoms. The van der Waals surface area contributed by atoms with Gasteiger partial charge in [0, 0.05) is 22.8 Å². The average molecular weight is 576 g/mol. The molecular formula is C21H17N7O7S3. The first-order valence-electron chi connectivity index (χ1n) is 10.7. The van der Waals surface area contributed by atoms with E-state index in [-0.39, 0.29) is 39.5 Å². The van der Waals surface area contributed by atoms with Crippen LogP contribution in [0.25, 0.3) is 10.2 Å². The van der Waals surface area contributed by atoms with Crippen molar-refractivity contribution in [1.29, 1.82) is 0 Å². The van der Waals surface area contributed by atoms with Crippen molar-refractivity contribution >= 4 is 79.2 Å². The fourth-order valence-electron chi connectivity index (χ4n) is 4.02. The first-order chi connectivity index (χ1) is 18.2. The summed E-state index contributed by atoms with van der Waals surface area (Å²) in [6.07, 6.45) is 3.28. The smallest absolute Gasteiger partial charge is 0.365 e. The lowest BCUT2D eigenvalue weighted by Crippen LogP contribution is -2.71. The van der Waals surface area contributed by atoms with Gasteiger partial charge in [0.2, 0.25) is 5.01 Å². The molecule has 2 amide bonds. The Kier molecular flexibility index (Phi) is 6.72. The molecule has 3 aromatic rings. The van der Waals surface area contributed by atoms with E-state index < -0.39 is 35.2 Å². The number of amides is 2. The van der Waals surface area contributed by atoms with Gasteiger partial charge < -0.3 is 30.9 Å². The molecule has 5 heterocycles. The van der Waals surface area contributed by atoms with E-state index in [9.17, 15) is 24.3 Å². The summed E-state index contributed by atoms with van der Waals surface area (Å²) >= 11 is 3.41. The Hall–Kier alpha value is -4.09. The SMILES string of the molecule is CO/N=C(/C(=O)NC1C(=O)N2C(C(=O)[O-])=C(C[n+]3ccc4sc(C(=O)O)nc4c3)CS[C@H]12)c1csc(N)n1. The number of thiazole rings is 2. The lowest BCUT2D eigenvalue weighted by Gasteiger charge is -2.50. The topological polar surface area (TPSA) is 204 Å². The molecule has 1 unspecified atom stereocenters. The minimum absolute atomic E-state index is 0.0559. The van der Waals surface area contributed by atoms with Crippen LogP contribution in [0.5, 0.6) is 0 Å². The van der Waals surface area contributed by atoms with E-state index in [4.69, 9.17) is 15.7 Å². The fourth-order valence-corrected chi connectivity index (χ4v) is 6.68. The predicted molar refractivity (Wildman–Crippen MR) is 134 cm³/mol. The van der Waals surface area contributed by atoms with Gasteiger partial charge in [-0.3, -0.25) is 14.5 Å². The molecule has 0 saturated carbocycles. The number of hydrogen-bond acceptors (Lipinski definition) is 13. The van der Waals surface area contributed by atoms with Crippen molar-refractivity contribution < 1.29 is 38.8 Å². The van der Waals surface area contributed by atoms with Gasteiger partial charge in [-0.1, -0.05) is 5.16 Å². The summed E-state index contributed by atoms with van der Waals surface area (Å²) in [5.41, 5.74) is 6.23. The number of carboxylic acids is 2. The molecule has 0 aliphatic carbocycles. The number of aliphatic carboxylic acids is 1. The number of hydrogen-bond donors (Lipinski definition) is 3. The van der Waals surface area contributed by atoms with Crippen molar-refractivity contribution in [3.63, 3.8) is 0 Å². The van der Waals surface area contributed by atoms with Gasteiger partial charge in [-0.05, 0) is 0 Å². The molecule has 3 aromatic heterocycles. The molecule has 2 atom stereocenters. The Morgan fingerprint density at radius 1 is 1.39 bits per heavy atom. The van der Waals surface area contributed by atoms with E-state index in [1.807, 2.05) is 0 Å². The minimum Gasteiger partial charge on any atom is -0.543 e. The number of nitrogens with one attached hydrogen (secondary N) is 1. The quantitative estimate of drug-likeness (QED) is 0.126. The first kappa shape index (κ1) is 25.6. The van der Waals surface area contributed by atoms with Crippen LogP contribution in [-0.4, -0.2) is 73.7 Å². The number of β-lactam (4-membered cyclic amide) rings is 1. The fraction of sp³-hybridized carbons (Fsp3) is 0.238. The monoisotopic (exact) mass is 575 g/mol. The van der Waals surface area contributed by atoms with Gasteiger partial charge in [-0.25, -0.2) is 14.8 Å². The molecule has 1 saturated heterocycles. The number of pyridine rings is 1. The molecule has 5 rings (SSSR count). The van der Waals surface area contributed by atoms with Crippen molar-refractivity contribution in [3.05, 3.63) is 45.8 Å². The van der Waals surface area contributed by atoms with Crippen LogP contribution in [0, 0.1) is 0 Å². The second-order valence-electron chi connectivity index (χ2n) is 7.98. The van der Waals surface area contributed by atoms with E-state index in [2.05, 4.69) is 20.4 Å². The number of carbonyl (C=O) groups is 4. The lowest BCUT2D eigenvalue weighted by molar-refractivity contribution is -0.687. The molecule has 0 spiro atoms. The third kappa shape index (κ3) is 4.54. The third-order valence-electron chi connectivity index (χ3n) is 5.63. The van der Waals surface area contributed by atoms with E-state index >= 15 is 0 Å². The van der Waals surface area contributed by atoms with Gasteiger partial charge in [0.15, 0.2) is 29.8 Å². The number of anilines is 1. The average Bonchev–Trinajstić information content (AvgIpc) is 3.51. The predicted octanol–water partition coefficient (Wildman–Crippen LogP) is -1.22. The molecule has 2 aliphatic heterocycles. The number of aromatic nitrogens is 3. The molecule has 196 valence electrons. The maximum absolute atomic E-state index is 13.0. The summed E-state index contributed by atoms with van der Waals surface area (Å²) < 4.78 is 2.32. The highest BCUT2D eigenvalue weighted by Gasteiger charge is 2.53. The number of carbonyl (C=O) groups excluding carboxylic acids is 3. The van der Waals surface area contributed by atoms with Crippen LogP contribution < -0.4 is 20.7 Å². The maximum Gasteiger partial charge on any atom is 0.365 e. The standard InChI is InChI=1S/C21H17N7O7S3/c1-35-26-12(10-7-37-21(22)24-10)15(29)25-13-17(30)28-14(19(31)32)8(6-36-18(13)28)4-27-3-2-11-9(5-27)23-16(38-11)20(33)34/h2-3,5,7,13,18H,4,6H2,1H3,(H4-,22,24,25,29,31,32,33,34)/b26-12+/t13?,18-/m1/s1. The number of nitrogens with zero attached hydrogens (tertiary/aromatic N) is 5. The highest BCUT2D eigenvalue weighted by molar-refractivity contribution is 8.00.